The summed E-state index contributed by atoms with van der Waals surface area (Å²) in [6.45, 7) is 4.74. The molecule has 1 aliphatic carbocycles. The maximum absolute atomic E-state index is 13.8. The van der Waals surface area contributed by atoms with Gasteiger partial charge < -0.3 is 14.5 Å². The number of carbonyl (C=O) groups is 3. The number of fused-ring (bicyclic) bond motifs is 1. The summed E-state index contributed by atoms with van der Waals surface area (Å²) in [6.07, 6.45) is 4.28. The molecule has 1 aromatic carbocycles. The number of likely N-dealkylation sites (tertiary alicyclic amines) is 1. The standard InChI is InChI=1S/C26H37N5O4/c1-35-16-15-28-17-21(23-22(18-28)26(34)31(27-23)20-9-3-2-4-10-20)25(33)30-13-11-29(12-14-30)24(32)19-7-5-6-8-19/h2-4,9-10,19,21-23,27H,5-8,11-18H2,1H3. The second kappa shape index (κ2) is 10.6. The van der Waals surface area contributed by atoms with E-state index in [9.17, 15) is 14.4 Å². The normalized spacial score (nSPS) is 28.0. The van der Waals surface area contributed by atoms with Gasteiger partial charge in [-0.05, 0) is 25.0 Å². The first-order valence-electron chi connectivity index (χ1n) is 13.0. The quantitative estimate of drug-likeness (QED) is 0.649. The molecular weight excluding hydrogens is 446 g/mol. The van der Waals surface area contributed by atoms with Gasteiger partial charge in [0.2, 0.25) is 17.7 Å². The monoisotopic (exact) mass is 483 g/mol. The molecule has 3 atom stereocenters. The van der Waals surface area contributed by atoms with Crippen LogP contribution in [-0.2, 0) is 19.1 Å². The second-order valence-electron chi connectivity index (χ2n) is 10.3. The highest BCUT2D eigenvalue weighted by Crippen LogP contribution is 2.33. The maximum Gasteiger partial charge on any atom is 0.247 e. The Labute approximate surface area is 207 Å². The minimum atomic E-state index is -0.333. The number of hydrogen-bond acceptors (Lipinski definition) is 6. The highest BCUT2D eigenvalue weighted by Gasteiger charge is 2.51. The second-order valence-corrected chi connectivity index (χ2v) is 10.3. The predicted octanol–water partition coefficient (Wildman–Crippen LogP) is 0.962. The molecule has 0 bridgehead atoms. The molecule has 3 heterocycles. The molecule has 5 rings (SSSR count). The third-order valence-corrected chi connectivity index (χ3v) is 8.14. The summed E-state index contributed by atoms with van der Waals surface area (Å²) < 4.78 is 5.28. The molecule has 1 N–H and O–H groups in total. The van der Waals surface area contributed by atoms with E-state index in [4.69, 9.17) is 4.74 Å². The van der Waals surface area contributed by atoms with E-state index in [2.05, 4.69) is 10.3 Å². The van der Waals surface area contributed by atoms with Crippen LogP contribution in [0.2, 0.25) is 0 Å². The van der Waals surface area contributed by atoms with E-state index in [1.807, 2.05) is 40.1 Å². The van der Waals surface area contributed by atoms with Crippen molar-refractivity contribution >= 4 is 23.4 Å². The summed E-state index contributed by atoms with van der Waals surface area (Å²) in [4.78, 5) is 46.0. The minimum Gasteiger partial charge on any atom is -0.383 e. The number of hydrogen-bond donors (Lipinski definition) is 1. The number of nitrogens with one attached hydrogen (secondary N) is 1. The van der Waals surface area contributed by atoms with Gasteiger partial charge in [0.15, 0.2) is 0 Å². The maximum atomic E-state index is 13.8. The first-order valence-corrected chi connectivity index (χ1v) is 13.0. The average Bonchev–Trinajstić information content (AvgIpc) is 3.56. The topological polar surface area (TPSA) is 85.4 Å². The van der Waals surface area contributed by atoms with E-state index < -0.39 is 0 Å². The summed E-state index contributed by atoms with van der Waals surface area (Å²) in [5.74, 6) is -0.110. The van der Waals surface area contributed by atoms with Crippen LogP contribution in [-0.4, -0.2) is 98.0 Å². The van der Waals surface area contributed by atoms with Gasteiger partial charge in [0, 0.05) is 58.8 Å². The molecule has 4 aliphatic rings. The number of rotatable bonds is 6. The zero-order valence-corrected chi connectivity index (χ0v) is 20.6. The van der Waals surface area contributed by atoms with Crippen molar-refractivity contribution in [3.63, 3.8) is 0 Å². The van der Waals surface area contributed by atoms with Gasteiger partial charge in [-0.15, -0.1) is 0 Å². The van der Waals surface area contributed by atoms with E-state index in [1.165, 1.54) is 0 Å². The number of hydrazine groups is 1. The Bertz CT molecular complexity index is 914. The lowest BCUT2D eigenvalue weighted by Gasteiger charge is -2.42. The molecule has 35 heavy (non-hydrogen) atoms. The lowest BCUT2D eigenvalue weighted by atomic mass is 9.83. The fourth-order valence-electron chi connectivity index (χ4n) is 6.15. The Morgan fingerprint density at radius 3 is 2.29 bits per heavy atom. The molecule has 1 saturated carbocycles. The van der Waals surface area contributed by atoms with Gasteiger partial charge in [-0.2, -0.15) is 0 Å². The number of piperazine rings is 1. The zero-order valence-electron chi connectivity index (χ0n) is 20.6. The van der Waals surface area contributed by atoms with Crippen LogP contribution >= 0.6 is 0 Å². The fraction of sp³-hybridized carbons (Fsp3) is 0.654. The van der Waals surface area contributed by atoms with Gasteiger partial charge in [-0.25, -0.2) is 10.4 Å². The number of anilines is 1. The number of para-hydroxylation sites is 1. The first-order chi connectivity index (χ1) is 17.1. The average molecular weight is 484 g/mol. The first kappa shape index (κ1) is 24.2. The molecular formula is C26H37N5O4. The molecule has 4 fully saturated rings. The van der Waals surface area contributed by atoms with Gasteiger partial charge in [-0.3, -0.25) is 19.3 Å². The van der Waals surface area contributed by atoms with Crippen molar-refractivity contribution in [1.29, 1.82) is 0 Å². The van der Waals surface area contributed by atoms with Gasteiger partial charge in [0.05, 0.1) is 30.2 Å². The molecule has 3 amide bonds. The third-order valence-electron chi connectivity index (χ3n) is 8.14. The zero-order chi connectivity index (χ0) is 24.4. The van der Waals surface area contributed by atoms with Gasteiger partial charge in [0.25, 0.3) is 0 Å². The van der Waals surface area contributed by atoms with Crippen molar-refractivity contribution in [2.24, 2.45) is 17.8 Å². The van der Waals surface area contributed by atoms with Crippen molar-refractivity contribution in [3.05, 3.63) is 30.3 Å². The van der Waals surface area contributed by atoms with Crippen molar-refractivity contribution in [1.82, 2.24) is 20.1 Å². The van der Waals surface area contributed by atoms with E-state index in [0.29, 0.717) is 52.4 Å². The van der Waals surface area contributed by atoms with Crippen molar-refractivity contribution < 1.29 is 19.1 Å². The molecule has 3 aliphatic heterocycles. The van der Waals surface area contributed by atoms with Crippen LogP contribution in [0.5, 0.6) is 0 Å². The number of piperidine rings is 1. The highest BCUT2D eigenvalue weighted by atomic mass is 16.5. The van der Waals surface area contributed by atoms with Crippen LogP contribution in [0.1, 0.15) is 25.7 Å². The Balaban J connectivity index is 1.28. The molecule has 0 radical (unpaired) electrons. The number of amides is 3. The molecule has 3 saturated heterocycles. The third kappa shape index (κ3) is 4.94. The molecule has 0 spiro atoms. The van der Waals surface area contributed by atoms with E-state index >= 15 is 0 Å². The summed E-state index contributed by atoms with van der Waals surface area (Å²) in [6, 6.07) is 9.31. The Morgan fingerprint density at radius 2 is 1.63 bits per heavy atom. The van der Waals surface area contributed by atoms with Gasteiger partial charge in [0.1, 0.15) is 0 Å². The van der Waals surface area contributed by atoms with E-state index in [0.717, 1.165) is 31.4 Å². The van der Waals surface area contributed by atoms with Crippen LogP contribution in [0, 0.1) is 17.8 Å². The number of benzene rings is 1. The summed E-state index contributed by atoms with van der Waals surface area (Å²) in [5.41, 5.74) is 4.18. The summed E-state index contributed by atoms with van der Waals surface area (Å²) in [7, 11) is 1.67. The van der Waals surface area contributed by atoms with Crippen LogP contribution in [0.3, 0.4) is 0 Å². The lowest BCUT2D eigenvalue weighted by Crippen LogP contribution is -2.60. The van der Waals surface area contributed by atoms with Crippen LogP contribution in [0.4, 0.5) is 5.69 Å². The fourth-order valence-corrected chi connectivity index (χ4v) is 6.15. The lowest BCUT2D eigenvalue weighted by molar-refractivity contribution is -0.146. The highest BCUT2D eigenvalue weighted by molar-refractivity contribution is 5.98. The SMILES string of the molecule is COCCN1CC(C(=O)N2CCN(C(=O)C3CCCC3)CC2)C2NN(c3ccccc3)C(=O)C2C1. The van der Waals surface area contributed by atoms with E-state index in [1.54, 1.807) is 12.1 Å². The summed E-state index contributed by atoms with van der Waals surface area (Å²) in [5, 5.41) is 1.62. The molecule has 190 valence electrons. The molecule has 9 nitrogen and oxygen atoms in total. The number of nitrogens with zero attached hydrogens (tertiary/aromatic N) is 4. The van der Waals surface area contributed by atoms with Crippen LogP contribution < -0.4 is 10.4 Å². The molecule has 0 aromatic heterocycles. The number of carbonyl (C=O) groups excluding carboxylic acids is 3. The molecule has 9 heteroatoms. The van der Waals surface area contributed by atoms with Gasteiger partial charge >= 0.3 is 0 Å². The van der Waals surface area contributed by atoms with Crippen LogP contribution in [0.15, 0.2) is 30.3 Å². The van der Waals surface area contributed by atoms with Crippen molar-refractivity contribution in [3.8, 4) is 0 Å². The largest absolute Gasteiger partial charge is 0.383 e. The van der Waals surface area contributed by atoms with Crippen molar-refractivity contribution in [2.75, 3.05) is 64.5 Å². The number of methoxy groups -OCH3 is 1. The Kier molecular flexibility index (Phi) is 7.36. The molecule has 1 aromatic rings. The Morgan fingerprint density at radius 1 is 0.971 bits per heavy atom. The number of ether oxygens (including phenoxy) is 1. The summed E-state index contributed by atoms with van der Waals surface area (Å²) >= 11 is 0. The smallest absolute Gasteiger partial charge is 0.247 e. The van der Waals surface area contributed by atoms with Crippen molar-refractivity contribution in [2.45, 2.75) is 31.7 Å². The predicted molar refractivity (Wildman–Crippen MR) is 131 cm³/mol. The Hall–Kier alpha value is -2.49. The molecule has 3 unspecified atom stereocenters. The van der Waals surface area contributed by atoms with Gasteiger partial charge in [-0.1, -0.05) is 31.0 Å². The van der Waals surface area contributed by atoms with Crippen LogP contribution in [0.25, 0.3) is 0 Å². The van der Waals surface area contributed by atoms with E-state index in [-0.39, 0.29) is 41.5 Å². The minimum absolute atomic E-state index is 0.00750.